The van der Waals surface area contributed by atoms with Crippen LogP contribution in [0.2, 0.25) is 0 Å². The molecule has 0 radical (unpaired) electrons. The largest absolute Gasteiger partial charge is 0.302 e. The molecule has 25 heavy (non-hydrogen) atoms. The monoisotopic (exact) mass is 360 g/mol. The molecule has 2 aliphatic heterocycles. The summed E-state index contributed by atoms with van der Waals surface area (Å²) in [5.41, 5.74) is 1.07. The summed E-state index contributed by atoms with van der Waals surface area (Å²) < 4.78 is 0. The second-order valence-corrected chi connectivity index (χ2v) is 8.20. The summed E-state index contributed by atoms with van der Waals surface area (Å²) in [6.07, 6.45) is 9.64. The molecule has 1 N–H and O–H groups in total. The van der Waals surface area contributed by atoms with E-state index in [2.05, 4.69) is 38.3 Å². The summed E-state index contributed by atoms with van der Waals surface area (Å²) in [5, 5.41) is 5.82. The maximum absolute atomic E-state index is 12.5. The van der Waals surface area contributed by atoms with Crippen LogP contribution in [0, 0.1) is 24.2 Å². The summed E-state index contributed by atoms with van der Waals surface area (Å²) in [5.74, 6) is 3.69. The number of piperidine rings is 2. The van der Waals surface area contributed by atoms with Gasteiger partial charge in [-0.1, -0.05) is 12.8 Å². The van der Waals surface area contributed by atoms with Crippen LogP contribution in [0.5, 0.6) is 0 Å². The number of carbonyl (C=O) groups excluding carboxylic acids is 1. The van der Waals surface area contributed by atoms with Crippen LogP contribution in [0.3, 0.4) is 0 Å². The average molecular weight is 361 g/mol. The van der Waals surface area contributed by atoms with Crippen molar-refractivity contribution in [2.45, 2.75) is 39.2 Å². The number of anilines is 1. The highest BCUT2D eigenvalue weighted by Gasteiger charge is 2.25. The Morgan fingerprint density at radius 2 is 1.96 bits per heavy atom. The third-order valence-electron chi connectivity index (χ3n) is 5.32. The minimum absolute atomic E-state index is 0.0740. The molecule has 2 aliphatic rings. The van der Waals surface area contributed by atoms with Gasteiger partial charge >= 0.3 is 0 Å². The van der Waals surface area contributed by atoms with E-state index >= 15 is 0 Å². The van der Waals surface area contributed by atoms with Gasteiger partial charge < -0.3 is 5.32 Å². The summed E-state index contributed by atoms with van der Waals surface area (Å²) in [6.45, 7) is 8.00. The lowest BCUT2D eigenvalue weighted by Gasteiger charge is -2.29. The van der Waals surface area contributed by atoms with Gasteiger partial charge in [0.1, 0.15) is 0 Å². The van der Waals surface area contributed by atoms with Crippen LogP contribution >= 0.6 is 11.3 Å². The second-order valence-electron chi connectivity index (χ2n) is 7.35. The van der Waals surface area contributed by atoms with Crippen LogP contribution in [0.1, 0.15) is 38.3 Å². The molecule has 1 amide bonds. The third kappa shape index (κ3) is 5.27. The van der Waals surface area contributed by atoms with Gasteiger partial charge in [0.2, 0.25) is 5.91 Å². The number of terminal acetylenes is 1. The molecule has 0 spiro atoms. The number of hydrogen-bond acceptors (Lipinski definition) is 5. The minimum Gasteiger partial charge on any atom is -0.302 e. The Morgan fingerprint density at radius 3 is 2.64 bits per heavy atom. The molecule has 0 aliphatic carbocycles. The predicted molar refractivity (Wildman–Crippen MR) is 102 cm³/mol. The lowest BCUT2D eigenvalue weighted by atomic mass is 9.96. The van der Waals surface area contributed by atoms with E-state index in [-0.39, 0.29) is 11.8 Å². The Morgan fingerprint density at radius 1 is 1.28 bits per heavy atom. The van der Waals surface area contributed by atoms with Gasteiger partial charge in [-0.3, -0.25) is 14.6 Å². The van der Waals surface area contributed by atoms with Crippen LogP contribution in [0.15, 0.2) is 5.38 Å². The van der Waals surface area contributed by atoms with Crippen LogP contribution in [-0.2, 0) is 11.3 Å². The molecule has 0 atom stereocenters. The topological polar surface area (TPSA) is 48.5 Å². The van der Waals surface area contributed by atoms with Gasteiger partial charge in [-0.05, 0) is 57.8 Å². The van der Waals surface area contributed by atoms with Crippen molar-refractivity contribution in [2.24, 2.45) is 11.8 Å². The highest BCUT2D eigenvalue weighted by molar-refractivity contribution is 7.13. The number of thiazole rings is 1. The fourth-order valence-corrected chi connectivity index (χ4v) is 4.28. The molecule has 2 saturated heterocycles. The molecule has 0 bridgehead atoms. The zero-order chi connectivity index (χ0) is 17.6. The molecule has 5 nitrogen and oxygen atoms in total. The molecule has 3 heterocycles. The van der Waals surface area contributed by atoms with Crippen molar-refractivity contribution in [2.75, 3.05) is 38.0 Å². The van der Waals surface area contributed by atoms with Crippen molar-refractivity contribution in [3.8, 4) is 12.3 Å². The number of carbonyl (C=O) groups is 1. The van der Waals surface area contributed by atoms with E-state index in [0.717, 1.165) is 62.3 Å². The van der Waals surface area contributed by atoms with E-state index in [0.29, 0.717) is 6.54 Å². The first kappa shape index (κ1) is 18.4. The van der Waals surface area contributed by atoms with Crippen molar-refractivity contribution in [1.82, 2.24) is 14.8 Å². The molecule has 136 valence electrons. The Bertz CT molecular complexity index is 607. The number of likely N-dealkylation sites (tertiary alicyclic amines) is 2. The Kier molecular flexibility index (Phi) is 6.46. The van der Waals surface area contributed by atoms with Gasteiger partial charge in [0.05, 0.1) is 12.2 Å². The van der Waals surface area contributed by atoms with E-state index in [9.17, 15) is 4.79 Å². The predicted octanol–water partition coefficient (Wildman–Crippen LogP) is 2.66. The molecule has 3 rings (SSSR count). The van der Waals surface area contributed by atoms with Crippen LogP contribution in [0.4, 0.5) is 5.13 Å². The van der Waals surface area contributed by atoms with Crippen molar-refractivity contribution in [3.05, 3.63) is 11.1 Å². The minimum atomic E-state index is 0.0740. The number of nitrogens with zero attached hydrogens (tertiary/aromatic N) is 3. The average Bonchev–Trinajstić information content (AvgIpc) is 3.05. The van der Waals surface area contributed by atoms with Crippen LogP contribution < -0.4 is 5.32 Å². The van der Waals surface area contributed by atoms with Crippen LogP contribution in [0.25, 0.3) is 0 Å². The summed E-state index contributed by atoms with van der Waals surface area (Å²) in [7, 11) is 0. The quantitative estimate of drug-likeness (QED) is 0.820. The molecular weight excluding hydrogens is 332 g/mol. The smallest absolute Gasteiger partial charge is 0.229 e. The fraction of sp³-hybridized carbons (Fsp3) is 0.684. The summed E-state index contributed by atoms with van der Waals surface area (Å²) in [4.78, 5) is 21.8. The second kappa shape index (κ2) is 8.79. The van der Waals surface area contributed by atoms with Gasteiger partial charge in [-0.25, -0.2) is 4.98 Å². The Hall–Kier alpha value is -1.42. The first-order valence-electron chi connectivity index (χ1n) is 9.27. The first-order valence-corrected chi connectivity index (χ1v) is 10.2. The number of rotatable bonds is 5. The summed E-state index contributed by atoms with van der Waals surface area (Å²) >= 11 is 1.53. The van der Waals surface area contributed by atoms with E-state index in [4.69, 9.17) is 6.42 Å². The molecule has 6 heteroatoms. The standard InChI is InChI=1S/C19H28N4OS/c1-3-8-22-11-6-16(7-12-22)18(24)21-19-20-17(14-25-19)13-23-9-4-15(2)5-10-23/h1,14-16H,4-13H2,2H3,(H,20,21,24). The SMILES string of the molecule is C#CCN1CCC(C(=O)Nc2nc(CN3CCC(C)CC3)cs2)CC1. The molecule has 1 aromatic rings. The fourth-order valence-electron chi connectivity index (χ4n) is 3.58. The van der Waals surface area contributed by atoms with Gasteiger partial charge in [0.15, 0.2) is 5.13 Å². The van der Waals surface area contributed by atoms with Gasteiger partial charge in [0.25, 0.3) is 0 Å². The number of hydrogen-bond donors (Lipinski definition) is 1. The first-order chi connectivity index (χ1) is 12.1. The van der Waals surface area contributed by atoms with Crippen molar-refractivity contribution < 1.29 is 4.79 Å². The molecular formula is C19H28N4OS. The molecule has 2 fully saturated rings. The lowest BCUT2D eigenvalue weighted by molar-refractivity contribution is -0.121. The number of aromatic nitrogens is 1. The maximum Gasteiger partial charge on any atom is 0.229 e. The lowest BCUT2D eigenvalue weighted by Crippen LogP contribution is -2.38. The van der Waals surface area contributed by atoms with Gasteiger partial charge in [-0.2, -0.15) is 0 Å². The normalized spacial score (nSPS) is 21.1. The Labute approximate surface area is 154 Å². The van der Waals surface area contributed by atoms with E-state index in [1.54, 1.807) is 0 Å². The maximum atomic E-state index is 12.5. The molecule has 1 aromatic heterocycles. The van der Waals surface area contributed by atoms with Crippen molar-refractivity contribution in [3.63, 3.8) is 0 Å². The molecule has 0 saturated carbocycles. The Balaban J connectivity index is 1.45. The third-order valence-corrected chi connectivity index (χ3v) is 6.12. The van der Waals surface area contributed by atoms with Crippen molar-refractivity contribution >= 4 is 22.4 Å². The van der Waals surface area contributed by atoms with E-state index in [1.165, 1.54) is 24.2 Å². The van der Waals surface area contributed by atoms with Crippen molar-refractivity contribution in [1.29, 1.82) is 0 Å². The molecule has 0 aromatic carbocycles. The highest BCUT2D eigenvalue weighted by atomic mass is 32.1. The summed E-state index contributed by atoms with van der Waals surface area (Å²) in [6, 6.07) is 0. The zero-order valence-electron chi connectivity index (χ0n) is 15.0. The molecule has 0 unspecified atom stereocenters. The van der Waals surface area contributed by atoms with Gasteiger partial charge in [-0.15, -0.1) is 17.8 Å². The zero-order valence-corrected chi connectivity index (χ0v) is 15.9. The number of nitrogens with one attached hydrogen (secondary N) is 1. The van der Waals surface area contributed by atoms with E-state index < -0.39 is 0 Å². The van der Waals surface area contributed by atoms with E-state index in [1.807, 2.05) is 0 Å². The highest BCUT2D eigenvalue weighted by Crippen LogP contribution is 2.23. The number of amides is 1. The van der Waals surface area contributed by atoms with Gasteiger partial charge in [0, 0.05) is 17.8 Å². The van der Waals surface area contributed by atoms with Crippen LogP contribution in [-0.4, -0.2) is 53.4 Å².